The van der Waals surface area contributed by atoms with Crippen molar-refractivity contribution in [1.29, 1.82) is 0 Å². The third-order valence-corrected chi connectivity index (χ3v) is 4.68. The number of Topliss-reactive ketones (excluding diaryl/α,β-unsaturated/α-hetero) is 1. The number of nitrogens with zero attached hydrogens (tertiary/aromatic N) is 1. The lowest BCUT2D eigenvalue weighted by Crippen LogP contribution is -2.50. The maximum atomic E-state index is 12.7. The quantitative estimate of drug-likeness (QED) is 0.604. The Bertz CT molecular complexity index is 362. The number of likely N-dealkylation sites (N-methyl/N-ethyl adjacent to an activating group) is 1. The largest absolute Gasteiger partial charge is 0.297 e. The van der Waals surface area contributed by atoms with E-state index in [2.05, 4.69) is 19.0 Å². The van der Waals surface area contributed by atoms with Crippen molar-refractivity contribution in [3.8, 4) is 0 Å². The standard InChI is InChI=1S/C14H21NOS/c1-15(2)14(8-5-3-4-6-9-14)13(16)12-7-10-17-11-12/h7,10-11H,3-6,8-9H2,1-2H3. The van der Waals surface area contributed by atoms with Crippen molar-refractivity contribution < 1.29 is 4.79 Å². The molecule has 2 rings (SSSR count). The Morgan fingerprint density at radius 3 is 2.35 bits per heavy atom. The molecule has 0 saturated heterocycles. The monoisotopic (exact) mass is 251 g/mol. The smallest absolute Gasteiger partial charge is 0.183 e. The van der Waals surface area contributed by atoms with E-state index in [0.717, 1.165) is 18.4 Å². The van der Waals surface area contributed by atoms with Crippen LogP contribution in [0.5, 0.6) is 0 Å². The van der Waals surface area contributed by atoms with Crippen LogP contribution >= 0.6 is 11.3 Å². The predicted octanol–water partition coefficient (Wildman–Crippen LogP) is 3.59. The first-order chi connectivity index (χ1) is 8.17. The molecule has 1 aliphatic rings. The molecule has 0 radical (unpaired) electrons. The molecule has 1 aromatic heterocycles. The van der Waals surface area contributed by atoms with Crippen LogP contribution in [0, 0.1) is 0 Å². The van der Waals surface area contributed by atoms with E-state index < -0.39 is 0 Å². The molecule has 94 valence electrons. The summed E-state index contributed by atoms with van der Waals surface area (Å²) in [5.74, 6) is 0.325. The first kappa shape index (κ1) is 12.8. The van der Waals surface area contributed by atoms with Crippen LogP contribution in [0.15, 0.2) is 16.8 Å². The van der Waals surface area contributed by atoms with Crippen LogP contribution in [0.2, 0.25) is 0 Å². The molecule has 0 atom stereocenters. The van der Waals surface area contributed by atoms with Gasteiger partial charge >= 0.3 is 0 Å². The van der Waals surface area contributed by atoms with Crippen molar-refractivity contribution in [3.63, 3.8) is 0 Å². The van der Waals surface area contributed by atoms with E-state index in [1.165, 1.54) is 25.7 Å². The van der Waals surface area contributed by atoms with E-state index in [-0.39, 0.29) is 5.54 Å². The molecule has 3 heteroatoms. The molecular formula is C14H21NOS. The predicted molar refractivity (Wildman–Crippen MR) is 72.8 cm³/mol. The molecule has 0 spiro atoms. The first-order valence-corrected chi connectivity index (χ1v) is 7.35. The minimum absolute atomic E-state index is 0.252. The van der Waals surface area contributed by atoms with Crippen LogP contribution in [0.25, 0.3) is 0 Å². The Hall–Kier alpha value is -0.670. The van der Waals surface area contributed by atoms with Gasteiger partial charge in [-0.2, -0.15) is 11.3 Å². The highest BCUT2D eigenvalue weighted by atomic mass is 32.1. The summed E-state index contributed by atoms with van der Waals surface area (Å²) in [5, 5.41) is 3.98. The molecule has 1 fully saturated rings. The van der Waals surface area contributed by atoms with Crippen LogP contribution in [0.1, 0.15) is 48.9 Å². The fourth-order valence-electron chi connectivity index (χ4n) is 2.85. The van der Waals surface area contributed by atoms with Gasteiger partial charge in [0.25, 0.3) is 0 Å². The second kappa shape index (κ2) is 5.32. The van der Waals surface area contributed by atoms with Gasteiger partial charge in [-0.15, -0.1) is 0 Å². The summed E-state index contributed by atoms with van der Waals surface area (Å²) >= 11 is 1.61. The molecular weight excluding hydrogens is 230 g/mol. The Labute approximate surface area is 108 Å². The summed E-state index contributed by atoms with van der Waals surface area (Å²) in [5.41, 5.74) is 0.642. The van der Waals surface area contributed by atoms with E-state index >= 15 is 0 Å². The van der Waals surface area contributed by atoms with Crippen molar-refractivity contribution in [2.45, 2.75) is 44.1 Å². The van der Waals surface area contributed by atoms with Crippen molar-refractivity contribution in [2.75, 3.05) is 14.1 Å². The molecule has 0 bridgehead atoms. The number of carbonyl (C=O) groups excluding carboxylic acids is 1. The van der Waals surface area contributed by atoms with Crippen molar-refractivity contribution in [3.05, 3.63) is 22.4 Å². The average Bonchev–Trinajstić information content (AvgIpc) is 2.72. The highest BCUT2D eigenvalue weighted by Crippen LogP contribution is 2.34. The van der Waals surface area contributed by atoms with Gasteiger partial charge in [0.2, 0.25) is 0 Å². The third kappa shape index (κ3) is 2.45. The van der Waals surface area contributed by atoms with Gasteiger partial charge in [-0.05, 0) is 38.4 Å². The lowest BCUT2D eigenvalue weighted by Gasteiger charge is -2.37. The Kier molecular flexibility index (Phi) is 4.00. The minimum atomic E-state index is -0.252. The maximum Gasteiger partial charge on any atom is 0.183 e. The maximum absolute atomic E-state index is 12.7. The van der Waals surface area contributed by atoms with Crippen molar-refractivity contribution in [2.24, 2.45) is 0 Å². The van der Waals surface area contributed by atoms with E-state index in [9.17, 15) is 4.79 Å². The summed E-state index contributed by atoms with van der Waals surface area (Å²) in [6, 6.07) is 1.96. The normalized spacial score (nSPS) is 20.2. The van der Waals surface area contributed by atoms with Gasteiger partial charge in [0.05, 0.1) is 5.54 Å². The number of hydrogen-bond acceptors (Lipinski definition) is 3. The lowest BCUT2D eigenvalue weighted by molar-refractivity contribution is 0.0635. The number of hydrogen-bond donors (Lipinski definition) is 0. The van der Waals surface area contributed by atoms with E-state index in [4.69, 9.17) is 0 Å². The number of rotatable bonds is 3. The van der Waals surface area contributed by atoms with E-state index in [1.807, 2.05) is 16.8 Å². The highest BCUT2D eigenvalue weighted by molar-refractivity contribution is 7.08. The third-order valence-electron chi connectivity index (χ3n) is 3.99. The molecule has 0 amide bonds. The Balaban J connectivity index is 2.30. The highest BCUT2D eigenvalue weighted by Gasteiger charge is 2.40. The summed E-state index contributed by atoms with van der Waals surface area (Å²) in [4.78, 5) is 14.9. The first-order valence-electron chi connectivity index (χ1n) is 6.41. The fraction of sp³-hybridized carbons (Fsp3) is 0.643. The zero-order chi connectivity index (χ0) is 12.3. The van der Waals surface area contributed by atoms with Crippen molar-refractivity contribution in [1.82, 2.24) is 4.90 Å². The lowest BCUT2D eigenvalue weighted by atomic mass is 9.82. The van der Waals surface area contributed by atoms with Gasteiger partial charge in [-0.1, -0.05) is 25.7 Å². The van der Waals surface area contributed by atoms with Crippen LogP contribution in [0.3, 0.4) is 0 Å². The van der Waals surface area contributed by atoms with Crippen LogP contribution in [-0.4, -0.2) is 30.3 Å². The number of ketones is 1. The SMILES string of the molecule is CN(C)C1(C(=O)c2ccsc2)CCCCCC1. The van der Waals surface area contributed by atoms with E-state index in [0.29, 0.717) is 5.78 Å². The van der Waals surface area contributed by atoms with Gasteiger partial charge < -0.3 is 0 Å². The summed E-state index contributed by atoms with van der Waals surface area (Å²) in [6.45, 7) is 0. The molecule has 17 heavy (non-hydrogen) atoms. The van der Waals surface area contributed by atoms with Crippen LogP contribution in [0.4, 0.5) is 0 Å². The summed E-state index contributed by atoms with van der Waals surface area (Å²) < 4.78 is 0. The average molecular weight is 251 g/mol. The van der Waals surface area contributed by atoms with Crippen molar-refractivity contribution >= 4 is 17.1 Å². The molecule has 1 aliphatic carbocycles. The van der Waals surface area contributed by atoms with E-state index in [1.54, 1.807) is 11.3 Å². The number of thiophene rings is 1. The van der Waals surface area contributed by atoms with Crippen LogP contribution < -0.4 is 0 Å². The zero-order valence-electron chi connectivity index (χ0n) is 10.7. The summed E-state index contributed by atoms with van der Waals surface area (Å²) in [7, 11) is 4.10. The minimum Gasteiger partial charge on any atom is -0.297 e. The molecule has 1 aromatic rings. The molecule has 0 N–H and O–H groups in total. The molecule has 1 saturated carbocycles. The van der Waals surface area contributed by atoms with Gasteiger partial charge in [0, 0.05) is 10.9 Å². The van der Waals surface area contributed by atoms with Gasteiger partial charge in [0.15, 0.2) is 5.78 Å². The molecule has 0 aromatic carbocycles. The molecule has 0 aliphatic heterocycles. The van der Waals surface area contributed by atoms with Crippen LogP contribution in [-0.2, 0) is 0 Å². The molecule has 1 heterocycles. The number of carbonyl (C=O) groups is 1. The topological polar surface area (TPSA) is 20.3 Å². The van der Waals surface area contributed by atoms with Gasteiger partial charge in [0.1, 0.15) is 0 Å². The van der Waals surface area contributed by atoms with Gasteiger partial charge in [-0.3, -0.25) is 9.69 Å². The second-order valence-corrected chi connectivity index (χ2v) is 5.96. The molecule has 0 unspecified atom stereocenters. The molecule has 2 nitrogen and oxygen atoms in total. The Morgan fingerprint density at radius 2 is 1.88 bits per heavy atom. The summed E-state index contributed by atoms with van der Waals surface area (Å²) in [6.07, 6.45) is 6.91. The van der Waals surface area contributed by atoms with Gasteiger partial charge in [-0.25, -0.2) is 0 Å². The fourth-order valence-corrected chi connectivity index (χ4v) is 3.49. The zero-order valence-corrected chi connectivity index (χ0v) is 11.6. The Morgan fingerprint density at radius 1 is 1.24 bits per heavy atom. The second-order valence-electron chi connectivity index (χ2n) is 5.18.